The molecule has 0 aliphatic carbocycles. The number of alkyl halides is 3. The van der Waals surface area contributed by atoms with Crippen LogP contribution in [0, 0.1) is 10.1 Å². The molecule has 7 nitrogen and oxygen atoms in total. The van der Waals surface area contributed by atoms with E-state index < -0.39 is 34.0 Å². The lowest BCUT2D eigenvalue weighted by Gasteiger charge is -2.25. The molecule has 0 bridgehead atoms. The van der Waals surface area contributed by atoms with Crippen molar-refractivity contribution in [2.45, 2.75) is 12.2 Å². The molecule has 4 aromatic rings. The third kappa shape index (κ3) is 3.31. The number of nitro benzene ring substituents is 1. The highest BCUT2D eigenvalue weighted by Gasteiger charge is 2.44. The van der Waals surface area contributed by atoms with Gasteiger partial charge in [0.05, 0.1) is 27.5 Å². The van der Waals surface area contributed by atoms with Crippen molar-refractivity contribution in [1.82, 2.24) is 0 Å². The van der Waals surface area contributed by atoms with Gasteiger partial charge in [-0.25, -0.2) is 0 Å². The molecule has 3 aromatic carbocycles. The second kappa shape index (κ2) is 7.55. The fourth-order valence-electron chi connectivity index (χ4n) is 4.11. The van der Waals surface area contributed by atoms with Crippen LogP contribution in [0.2, 0.25) is 0 Å². The monoisotopic (exact) mass is 466 g/mol. The lowest BCUT2D eigenvalue weighted by atomic mass is 9.98. The largest absolute Gasteiger partial charge is 0.450 e. The van der Waals surface area contributed by atoms with Crippen LogP contribution in [0.4, 0.5) is 24.5 Å². The molecule has 34 heavy (non-hydrogen) atoms. The molecule has 1 aliphatic rings. The van der Waals surface area contributed by atoms with Gasteiger partial charge in [-0.3, -0.25) is 24.6 Å². The maximum Gasteiger partial charge on any atom is 0.416 e. The van der Waals surface area contributed by atoms with Crippen LogP contribution < -0.4 is 10.3 Å². The van der Waals surface area contributed by atoms with Crippen LogP contribution in [-0.2, 0) is 6.18 Å². The lowest BCUT2D eigenvalue weighted by Crippen LogP contribution is -2.29. The Hall–Kier alpha value is -4.47. The van der Waals surface area contributed by atoms with Crippen LogP contribution in [0.5, 0.6) is 0 Å². The van der Waals surface area contributed by atoms with Crippen LogP contribution in [0.1, 0.15) is 33.3 Å². The highest BCUT2D eigenvalue weighted by molar-refractivity contribution is 6.10. The molecule has 0 radical (unpaired) electrons. The number of non-ortho nitro benzene ring substituents is 1. The number of nitro groups is 1. The van der Waals surface area contributed by atoms with E-state index >= 15 is 0 Å². The van der Waals surface area contributed by atoms with Crippen LogP contribution in [0.3, 0.4) is 0 Å². The Balaban J connectivity index is 1.77. The molecule has 0 N–H and O–H groups in total. The van der Waals surface area contributed by atoms with Gasteiger partial charge in [0.2, 0.25) is 5.76 Å². The van der Waals surface area contributed by atoms with Gasteiger partial charge >= 0.3 is 6.18 Å². The maximum atomic E-state index is 13.4. The van der Waals surface area contributed by atoms with Crippen molar-refractivity contribution in [3.63, 3.8) is 0 Å². The summed E-state index contributed by atoms with van der Waals surface area (Å²) in [6.45, 7) is 0. The quantitative estimate of drug-likeness (QED) is 0.295. The number of nitrogens with zero attached hydrogens (tertiary/aromatic N) is 2. The van der Waals surface area contributed by atoms with E-state index in [0.717, 1.165) is 23.1 Å². The molecule has 0 saturated carbocycles. The number of carbonyl (C=O) groups excluding carboxylic acids is 1. The zero-order valence-corrected chi connectivity index (χ0v) is 17.1. The van der Waals surface area contributed by atoms with Gasteiger partial charge in [0.1, 0.15) is 5.58 Å². The van der Waals surface area contributed by atoms with Gasteiger partial charge in [-0.15, -0.1) is 0 Å². The average molecular weight is 466 g/mol. The number of hydrogen-bond donors (Lipinski definition) is 0. The summed E-state index contributed by atoms with van der Waals surface area (Å²) in [7, 11) is 0. The zero-order chi connectivity index (χ0) is 24.2. The molecule has 1 unspecified atom stereocenters. The van der Waals surface area contributed by atoms with E-state index in [4.69, 9.17) is 4.42 Å². The van der Waals surface area contributed by atoms with Crippen molar-refractivity contribution in [2.75, 3.05) is 4.90 Å². The van der Waals surface area contributed by atoms with Gasteiger partial charge < -0.3 is 4.42 Å². The van der Waals surface area contributed by atoms with Gasteiger partial charge in [-0.1, -0.05) is 18.2 Å². The summed E-state index contributed by atoms with van der Waals surface area (Å²) in [5, 5.41) is 11.3. The van der Waals surface area contributed by atoms with Crippen LogP contribution in [0.25, 0.3) is 11.0 Å². The topological polar surface area (TPSA) is 93.7 Å². The minimum absolute atomic E-state index is 0.0463. The molecule has 10 heteroatoms. The fraction of sp³-hybridized carbons (Fsp3) is 0.0833. The first-order valence-corrected chi connectivity index (χ1v) is 9.98. The summed E-state index contributed by atoms with van der Waals surface area (Å²) in [4.78, 5) is 38.3. The summed E-state index contributed by atoms with van der Waals surface area (Å²) in [6, 6.07) is 14.4. The standard InChI is InChI=1S/C24H13F3N2O5/c25-24(26,27)14-4-3-5-16(12-14)28-20(13-8-10-15(11-9-13)29(32)33)19-21(30)17-6-1-2-7-18(17)34-22(19)23(28)31/h1-12,20H. The number of carbonyl (C=O) groups is 1. The molecule has 1 aliphatic heterocycles. The molecule has 0 fully saturated rings. The summed E-state index contributed by atoms with van der Waals surface area (Å²) in [6.07, 6.45) is -4.66. The maximum absolute atomic E-state index is 13.4. The van der Waals surface area contributed by atoms with E-state index in [9.17, 15) is 32.9 Å². The van der Waals surface area contributed by atoms with Crippen LogP contribution >= 0.6 is 0 Å². The van der Waals surface area contributed by atoms with E-state index in [1.165, 1.54) is 42.5 Å². The number of rotatable bonds is 3. The number of benzene rings is 3. The minimum Gasteiger partial charge on any atom is -0.450 e. The van der Waals surface area contributed by atoms with Crippen molar-refractivity contribution >= 4 is 28.3 Å². The van der Waals surface area contributed by atoms with E-state index in [1.807, 2.05) is 0 Å². The molecule has 0 saturated heterocycles. The van der Waals surface area contributed by atoms with Crippen molar-refractivity contribution in [3.8, 4) is 0 Å². The predicted octanol–water partition coefficient (Wildman–Crippen LogP) is 5.47. The number of amides is 1. The number of hydrogen-bond acceptors (Lipinski definition) is 5. The molecular weight excluding hydrogens is 453 g/mol. The normalized spacial score (nSPS) is 15.6. The Morgan fingerprint density at radius 1 is 0.941 bits per heavy atom. The minimum atomic E-state index is -4.66. The van der Waals surface area contributed by atoms with Crippen molar-refractivity contribution < 1.29 is 27.3 Å². The number of anilines is 1. The predicted molar refractivity (Wildman–Crippen MR) is 116 cm³/mol. The molecule has 1 atom stereocenters. The lowest BCUT2D eigenvalue weighted by molar-refractivity contribution is -0.384. The fourth-order valence-corrected chi connectivity index (χ4v) is 4.11. The van der Waals surface area contributed by atoms with Crippen LogP contribution in [-0.4, -0.2) is 10.8 Å². The number of halogens is 3. The van der Waals surface area contributed by atoms with E-state index in [-0.39, 0.29) is 33.7 Å². The molecule has 5 rings (SSSR count). The average Bonchev–Trinajstić information content (AvgIpc) is 3.11. The number of para-hydroxylation sites is 1. The first-order valence-electron chi connectivity index (χ1n) is 9.98. The molecular formula is C24H13F3N2O5. The van der Waals surface area contributed by atoms with Gasteiger partial charge in [-0.2, -0.15) is 13.2 Å². The zero-order valence-electron chi connectivity index (χ0n) is 17.1. The van der Waals surface area contributed by atoms with Gasteiger partial charge in [0.15, 0.2) is 5.43 Å². The SMILES string of the molecule is O=C1c2oc3ccccc3c(=O)c2C(c2ccc([N+](=O)[O-])cc2)N1c1cccc(C(F)(F)F)c1. The summed E-state index contributed by atoms with van der Waals surface area (Å²) in [5.74, 6) is -1.08. The summed E-state index contributed by atoms with van der Waals surface area (Å²) >= 11 is 0. The Kier molecular flexibility index (Phi) is 4.75. The molecule has 0 spiro atoms. The molecule has 1 aromatic heterocycles. The molecule has 170 valence electrons. The van der Waals surface area contributed by atoms with E-state index in [2.05, 4.69) is 0 Å². The van der Waals surface area contributed by atoms with E-state index in [0.29, 0.717) is 5.56 Å². The van der Waals surface area contributed by atoms with E-state index in [1.54, 1.807) is 12.1 Å². The number of fused-ring (bicyclic) bond motifs is 2. The third-order valence-corrected chi connectivity index (χ3v) is 5.65. The molecule has 2 heterocycles. The smallest absolute Gasteiger partial charge is 0.416 e. The first kappa shape index (κ1) is 21.4. The summed E-state index contributed by atoms with van der Waals surface area (Å²) in [5.41, 5.74) is -1.38. The van der Waals surface area contributed by atoms with Gasteiger partial charge in [-0.05, 0) is 48.0 Å². The Morgan fingerprint density at radius 3 is 2.32 bits per heavy atom. The second-order valence-electron chi connectivity index (χ2n) is 7.64. The Morgan fingerprint density at radius 2 is 1.65 bits per heavy atom. The highest BCUT2D eigenvalue weighted by Crippen LogP contribution is 2.42. The Bertz CT molecular complexity index is 1530. The van der Waals surface area contributed by atoms with Gasteiger partial charge in [0, 0.05) is 17.8 Å². The van der Waals surface area contributed by atoms with Crippen molar-refractivity contribution in [3.05, 3.63) is 116 Å². The summed E-state index contributed by atoms with van der Waals surface area (Å²) < 4.78 is 45.9. The van der Waals surface area contributed by atoms with Crippen molar-refractivity contribution in [2.24, 2.45) is 0 Å². The second-order valence-corrected chi connectivity index (χ2v) is 7.64. The molecule has 1 amide bonds. The third-order valence-electron chi connectivity index (χ3n) is 5.65. The highest BCUT2D eigenvalue weighted by atomic mass is 19.4. The van der Waals surface area contributed by atoms with Gasteiger partial charge in [0.25, 0.3) is 11.6 Å². The first-order chi connectivity index (χ1) is 16.2. The Labute approximate surface area is 188 Å². The van der Waals surface area contributed by atoms with Crippen molar-refractivity contribution in [1.29, 1.82) is 0 Å². The van der Waals surface area contributed by atoms with Crippen LogP contribution in [0.15, 0.2) is 82.0 Å².